The molecule has 1 fully saturated rings. The van der Waals surface area contributed by atoms with E-state index in [4.69, 9.17) is 19.9 Å². The maximum Gasteiger partial charge on any atom is 0.335 e. The molecule has 1 aliphatic heterocycles. The Hall–Kier alpha value is -2.61. The highest BCUT2D eigenvalue weighted by Gasteiger charge is 2.57. The Morgan fingerprint density at radius 1 is 1.21 bits per heavy atom. The molecule has 4 N–H and O–H groups in total. The molecule has 1 aromatic rings. The second-order valence-electron chi connectivity index (χ2n) is 8.49. The summed E-state index contributed by atoms with van der Waals surface area (Å²) < 4.78 is 31.4. The lowest BCUT2D eigenvalue weighted by Gasteiger charge is -2.23. The number of nitrogens with zero attached hydrogens (tertiary/aromatic N) is 2. The van der Waals surface area contributed by atoms with Crippen LogP contribution < -0.4 is 17.0 Å². The average molecular weight is 489 g/mol. The van der Waals surface area contributed by atoms with Crippen LogP contribution in [0.5, 0.6) is 0 Å². The summed E-state index contributed by atoms with van der Waals surface area (Å²) in [6.07, 6.45) is -4.01. The van der Waals surface area contributed by atoms with Gasteiger partial charge in [0.1, 0.15) is 18.2 Å². The number of hydrogen-bond acceptors (Lipinski definition) is 10. The van der Waals surface area contributed by atoms with E-state index in [9.17, 15) is 29.4 Å². The van der Waals surface area contributed by atoms with Gasteiger partial charge >= 0.3 is 17.6 Å². The highest BCUT2D eigenvalue weighted by molar-refractivity contribution is 5.75. The topological polar surface area (TPSA) is 172 Å². The number of rotatable bonds is 10. The molecular formula is C21H32FN3O9. The van der Waals surface area contributed by atoms with Gasteiger partial charge in [-0.2, -0.15) is 0 Å². The second-order valence-corrected chi connectivity index (χ2v) is 8.49. The molecule has 34 heavy (non-hydrogen) atoms. The molecule has 0 aromatic carbocycles. The molecule has 12 nitrogen and oxygen atoms in total. The number of esters is 2. The Labute approximate surface area is 195 Å². The van der Waals surface area contributed by atoms with Crippen LogP contribution in [0, 0.1) is 11.8 Å². The SMILES string of the molecule is CCC(CC)C(=O)OC[C@@]1(F)O[C@@H](n2ccc(=O)n(COC(=O)[C@@H](N)C(C)C)c2=O)[C@H](O)[C@@H]1O. The number of aliphatic hydroxyl groups excluding tert-OH is 2. The zero-order valence-electron chi connectivity index (χ0n) is 19.5. The van der Waals surface area contributed by atoms with Gasteiger partial charge in [0.05, 0.1) is 5.92 Å². The third-order valence-corrected chi connectivity index (χ3v) is 5.80. The number of carbonyl (C=O) groups excluding carboxylic acids is 2. The normalized spacial score (nSPS) is 25.5. The van der Waals surface area contributed by atoms with Crippen LogP contribution >= 0.6 is 0 Å². The molecule has 0 spiro atoms. The molecule has 1 aliphatic rings. The van der Waals surface area contributed by atoms with E-state index in [1.807, 2.05) is 0 Å². The van der Waals surface area contributed by atoms with Crippen molar-refractivity contribution < 1.29 is 38.4 Å². The Bertz CT molecular complexity index is 990. The zero-order chi connectivity index (χ0) is 25.8. The summed E-state index contributed by atoms with van der Waals surface area (Å²) in [6, 6.07) is -0.0718. The maximum absolute atomic E-state index is 15.3. The van der Waals surface area contributed by atoms with Gasteiger partial charge in [-0.15, -0.1) is 0 Å². The predicted octanol–water partition coefficient (Wildman–Crippen LogP) is -0.610. The fourth-order valence-corrected chi connectivity index (χ4v) is 3.34. The van der Waals surface area contributed by atoms with Crippen molar-refractivity contribution in [3.63, 3.8) is 0 Å². The van der Waals surface area contributed by atoms with E-state index in [1.54, 1.807) is 27.7 Å². The molecule has 0 radical (unpaired) electrons. The quantitative estimate of drug-likeness (QED) is 0.360. The zero-order valence-corrected chi connectivity index (χ0v) is 19.5. The van der Waals surface area contributed by atoms with Gasteiger partial charge in [-0.1, -0.05) is 27.7 Å². The first-order chi connectivity index (χ1) is 15.9. The first kappa shape index (κ1) is 27.6. The molecular weight excluding hydrogens is 457 g/mol. The van der Waals surface area contributed by atoms with Gasteiger partial charge in [-0.05, 0) is 18.8 Å². The van der Waals surface area contributed by atoms with E-state index in [-0.39, 0.29) is 5.92 Å². The average Bonchev–Trinajstić information content (AvgIpc) is 3.02. The molecule has 192 valence electrons. The lowest BCUT2D eigenvalue weighted by atomic mass is 10.0. The van der Waals surface area contributed by atoms with Gasteiger partial charge in [0.25, 0.3) is 11.4 Å². The van der Waals surface area contributed by atoms with E-state index in [0.29, 0.717) is 22.0 Å². The first-order valence-electron chi connectivity index (χ1n) is 11.0. The highest BCUT2D eigenvalue weighted by Crippen LogP contribution is 2.38. The molecule has 2 rings (SSSR count). The summed E-state index contributed by atoms with van der Waals surface area (Å²) in [5, 5.41) is 20.6. The lowest BCUT2D eigenvalue weighted by molar-refractivity contribution is -0.218. The molecule has 0 aliphatic carbocycles. The molecule has 1 saturated heterocycles. The van der Waals surface area contributed by atoms with Crippen molar-refractivity contribution in [1.82, 2.24) is 9.13 Å². The van der Waals surface area contributed by atoms with Crippen molar-refractivity contribution >= 4 is 11.9 Å². The van der Waals surface area contributed by atoms with Gasteiger partial charge in [0.2, 0.25) is 0 Å². The monoisotopic (exact) mass is 489 g/mol. The van der Waals surface area contributed by atoms with Crippen molar-refractivity contribution in [2.75, 3.05) is 6.61 Å². The van der Waals surface area contributed by atoms with Crippen LogP contribution in [0.4, 0.5) is 4.39 Å². The van der Waals surface area contributed by atoms with Crippen molar-refractivity contribution in [2.24, 2.45) is 17.6 Å². The van der Waals surface area contributed by atoms with Gasteiger partial charge in [-0.3, -0.25) is 19.0 Å². The van der Waals surface area contributed by atoms with Gasteiger partial charge < -0.3 is 30.2 Å². The minimum absolute atomic E-state index is 0.253. The molecule has 0 amide bonds. The van der Waals surface area contributed by atoms with Crippen molar-refractivity contribution in [2.45, 2.75) is 77.6 Å². The minimum Gasteiger partial charge on any atom is -0.459 e. The van der Waals surface area contributed by atoms with Crippen LogP contribution in [0.1, 0.15) is 46.8 Å². The minimum atomic E-state index is -3.01. The van der Waals surface area contributed by atoms with Gasteiger partial charge in [0.15, 0.2) is 19.6 Å². The molecule has 0 unspecified atom stereocenters. The number of ether oxygens (including phenoxy) is 3. The summed E-state index contributed by atoms with van der Waals surface area (Å²) in [7, 11) is 0. The Morgan fingerprint density at radius 2 is 1.82 bits per heavy atom. The van der Waals surface area contributed by atoms with E-state index in [0.717, 1.165) is 12.3 Å². The largest absolute Gasteiger partial charge is 0.459 e. The van der Waals surface area contributed by atoms with Crippen LogP contribution in [0.2, 0.25) is 0 Å². The van der Waals surface area contributed by atoms with Crippen LogP contribution in [-0.4, -0.2) is 62.0 Å². The van der Waals surface area contributed by atoms with Crippen LogP contribution in [0.3, 0.4) is 0 Å². The summed E-state index contributed by atoms with van der Waals surface area (Å²) in [4.78, 5) is 49.0. The summed E-state index contributed by atoms with van der Waals surface area (Å²) >= 11 is 0. The van der Waals surface area contributed by atoms with E-state index < -0.39 is 72.8 Å². The number of aromatic nitrogens is 2. The van der Waals surface area contributed by atoms with Crippen LogP contribution in [0.15, 0.2) is 21.9 Å². The molecule has 1 aromatic heterocycles. The number of nitrogens with two attached hydrogens (primary N) is 1. The second kappa shape index (κ2) is 11.2. The van der Waals surface area contributed by atoms with Crippen LogP contribution in [-0.2, 0) is 30.5 Å². The first-order valence-corrected chi connectivity index (χ1v) is 11.0. The number of hydrogen-bond donors (Lipinski definition) is 3. The van der Waals surface area contributed by atoms with Crippen LogP contribution in [0.25, 0.3) is 0 Å². The number of aliphatic hydroxyl groups is 2. The Morgan fingerprint density at radius 3 is 2.38 bits per heavy atom. The van der Waals surface area contributed by atoms with E-state index in [1.165, 1.54) is 0 Å². The standard InChI is InChI=1S/C21H32FN3O9/c1-5-12(6-2)18(29)32-9-21(22)16(28)15(27)17(34-21)24-8-7-13(26)25(20(24)31)10-33-19(30)14(23)11(3)4/h7-8,11-12,14-17,27-28H,5-6,9-10,23H2,1-4H3/t14-,15+,16-,17+,21+/m0/s1. The number of carbonyl (C=O) groups is 2. The smallest absolute Gasteiger partial charge is 0.335 e. The fraction of sp³-hybridized carbons (Fsp3) is 0.714. The molecule has 0 bridgehead atoms. The third-order valence-electron chi connectivity index (χ3n) is 5.80. The molecule has 0 saturated carbocycles. The summed E-state index contributed by atoms with van der Waals surface area (Å²) in [5.74, 6) is -5.27. The Kier molecular flexibility index (Phi) is 9.11. The summed E-state index contributed by atoms with van der Waals surface area (Å²) in [6.45, 7) is 5.09. The summed E-state index contributed by atoms with van der Waals surface area (Å²) in [5.41, 5.74) is 3.73. The molecule has 5 atom stereocenters. The Balaban J connectivity index is 2.23. The van der Waals surface area contributed by atoms with Crippen molar-refractivity contribution in [1.29, 1.82) is 0 Å². The number of halogens is 1. The van der Waals surface area contributed by atoms with Crippen molar-refractivity contribution in [3.05, 3.63) is 33.1 Å². The number of alkyl halides is 1. The third kappa shape index (κ3) is 5.71. The molecule has 2 heterocycles. The highest BCUT2D eigenvalue weighted by atomic mass is 19.2. The fourth-order valence-electron chi connectivity index (χ4n) is 3.34. The van der Waals surface area contributed by atoms with Gasteiger partial charge in [-0.25, -0.2) is 13.8 Å². The van der Waals surface area contributed by atoms with E-state index in [2.05, 4.69) is 0 Å². The predicted molar refractivity (Wildman–Crippen MR) is 115 cm³/mol. The maximum atomic E-state index is 15.3. The van der Waals surface area contributed by atoms with E-state index >= 15 is 4.39 Å². The van der Waals surface area contributed by atoms with Gasteiger partial charge in [0, 0.05) is 12.3 Å². The molecule has 13 heteroatoms. The lowest BCUT2D eigenvalue weighted by Crippen LogP contribution is -2.45. The van der Waals surface area contributed by atoms with Crippen molar-refractivity contribution in [3.8, 4) is 0 Å².